The lowest BCUT2D eigenvalue weighted by molar-refractivity contribution is -0.147. The number of amides is 2. The minimum Gasteiger partial charge on any atom is -0.454 e. The summed E-state index contributed by atoms with van der Waals surface area (Å²) in [6.45, 7) is 1.10. The smallest absolute Gasteiger partial charge is 0.325 e. The second-order valence-electron chi connectivity index (χ2n) is 6.14. The van der Waals surface area contributed by atoms with Gasteiger partial charge in [0, 0.05) is 0 Å². The third-order valence-corrected chi connectivity index (χ3v) is 3.99. The van der Waals surface area contributed by atoms with Crippen LogP contribution in [0.1, 0.15) is 41.7 Å². The zero-order chi connectivity index (χ0) is 20.4. The molecule has 0 aliphatic rings. The first-order valence-corrected chi connectivity index (χ1v) is 9.04. The summed E-state index contributed by atoms with van der Waals surface area (Å²) >= 11 is 0. The second kappa shape index (κ2) is 10.8. The molecule has 0 bridgehead atoms. The van der Waals surface area contributed by atoms with E-state index in [1.54, 1.807) is 0 Å². The van der Waals surface area contributed by atoms with Crippen molar-refractivity contribution in [2.75, 3.05) is 13.2 Å². The van der Waals surface area contributed by atoms with Crippen LogP contribution in [0.2, 0.25) is 0 Å². The van der Waals surface area contributed by atoms with Gasteiger partial charge < -0.3 is 15.4 Å². The number of rotatable bonds is 9. The van der Waals surface area contributed by atoms with Crippen molar-refractivity contribution in [3.63, 3.8) is 0 Å². The summed E-state index contributed by atoms with van der Waals surface area (Å²) in [5.41, 5.74) is 0.805. The molecule has 2 rings (SSSR count). The van der Waals surface area contributed by atoms with Gasteiger partial charge in [-0.3, -0.25) is 14.4 Å². The summed E-state index contributed by atoms with van der Waals surface area (Å²) in [7, 11) is 0. The standard InChI is InChI=1S/C21H23FN2O4/c1-2-8-18(15-9-4-3-5-10-15)24-19(25)14-28-20(26)13-23-21(27)16-11-6-7-12-17(16)22/h3-7,9-12,18H,2,8,13-14H2,1H3,(H,23,27)(H,24,25). The summed E-state index contributed by atoms with van der Waals surface area (Å²) in [6, 6.07) is 14.8. The van der Waals surface area contributed by atoms with Gasteiger partial charge in [0.15, 0.2) is 6.61 Å². The summed E-state index contributed by atoms with van der Waals surface area (Å²) in [6.07, 6.45) is 1.63. The Hall–Kier alpha value is -3.22. The van der Waals surface area contributed by atoms with Gasteiger partial charge in [0.05, 0.1) is 11.6 Å². The lowest BCUT2D eigenvalue weighted by Gasteiger charge is -2.18. The highest BCUT2D eigenvalue weighted by Gasteiger charge is 2.16. The van der Waals surface area contributed by atoms with E-state index in [2.05, 4.69) is 10.6 Å². The predicted octanol–water partition coefficient (Wildman–Crippen LogP) is 2.76. The Morgan fingerprint density at radius 1 is 1.04 bits per heavy atom. The number of ether oxygens (including phenoxy) is 1. The fourth-order valence-electron chi connectivity index (χ4n) is 2.62. The van der Waals surface area contributed by atoms with E-state index in [0.717, 1.165) is 24.5 Å². The van der Waals surface area contributed by atoms with Crippen molar-refractivity contribution in [1.82, 2.24) is 10.6 Å². The van der Waals surface area contributed by atoms with Gasteiger partial charge in [-0.2, -0.15) is 0 Å². The molecule has 0 saturated heterocycles. The minimum absolute atomic E-state index is 0.168. The Morgan fingerprint density at radius 3 is 2.39 bits per heavy atom. The summed E-state index contributed by atoms with van der Waals surface area (Å²) < 4.78 is 18.4. The molecule has 2 amide bonds. The number of benzene rings is 2. The van der Waals surface area contributed by atoms with Gasteiger partial charge >= 0.3 is 5.97 Å². The van der Waals surface area contributed by atoms with Crippen LogP contribution < -0.4 is 10.6 Å². The fraction of sp³-hybridized carbons (Fsp3) is 0.286. The largest absolute Gasteiger partial charge is 0.454 e. The Morgan fingerprint density at radius 2 is 1.71 bits per heavy atom. The van der Waals surface area contributed by atoms with Gasteiger partial charge in [0.1, 0.15) is 12.4 Å². The molecule has 2 aromatic carbocycles. The van der Waals surface area contributed by atoms with Crippen molar-refractivity contribution in [3.8, 4) is 0 Å². The van der Waals surface area contributed by atoms with Gasteiger partial charge in [0.2, 0.25) is 0 Å². The first kappa shape index (κ1) is 21.1. The van der Waals surface area contributed by atoms with Gasteiger partial charge in [-0.1, -0.05) is 55.8 Å². The second-order valence-corrected chi connectivity index (χ2v) is 6.14. The van der Waals surface area contributed by atoms with E-state index in [4.69, 9.17) is 4.74 Å². The van der Waals surface area contributed by atoms with Gasteiger partial charge in [-0.25, -0.2) is 4.39 Å². The maximum atomic E-state index is 13.5. The molecule has 0 aliphatic heterocycles. The highest BCUT2D eigenvalue weighted by atomic mass is 19.1. The zero-order valence-corrected chi connectivity index (χ0v) is 15.6. The molecule has 1 atom stereocenters. The number of hydrogen-bond donors (Lipinski definition) is 2. The molecule has 1 unspecified atom stereocenters. The van der Waals surface area contributed by atoms with Crippen molar-refractivity contribution >= 4 is 17.8 Å². The first-order valence-electron chi connectivity index (χ1n) is 9.04. The minimum atomic E-state index is -0.786. The maximum absolute atomic E-state index is 13.5. The van der Waals surface area contributed by atoms with Gasteiger partial charge in [-0.15, -0.1) is 0 Å². The average molecular weight is 386 g/mol. The summed E-state index contributed by atoms with van der Waals surface area (Å²) in [5.74, 6) is -2.63. The van der Waals surface area contributed by atoms with Gasteiger partial charge in [-0.05, 0) is 24.1 Å². The molecule has 28 heavy (non-hydrogen) atoms. The van der Waals surface area contributed by atoms with E-state index < -0.39 is 36.8 Å². The summed E-state index contributed by atoms with van der Waals surface area (Å²) in [4.78, 5) is 35.7. The summed E-state index contributed by atoms with van der Waals surface area (Å²) in [5, 5.41) is 5.10. The number of carbonyl (C=O) groups excluding carboxylic acids is 3. The molecular formula is C21H23FN2O4. The quantitative estimate of drug-likeness (QED) is 0.649. The van der Waals surface area contributed by atoms with Crippen molar-refractivity contribution in [2.24, 2.45) is 0 Å². The van der Waals surface area contributed by atoms with E-state index in [-0.39, 0.29) is 11.6 Å². The highest BCUT2D eigenvalue weighted by molar-refractivity contribution is 5.96. The van der Waals surface area contributed by atoms with E-state index in [1.165, 1.54) is 18.2 Å². The molecule has 0 radical (unpaired) electrons. The van der Waals surface area contributed by atoms with Crippen LogP contribution in [0, 0.1) is 5.82 Å². The number of halogens is 1. The van der Waals surface area contributed by atoms with Crippen LogP contribution in [0.3, 0.4) is 0 Å². The topological polar surface area (TPSA) is 84.5 Å². The number of carbonyl (C=O) groups is 3. The number of hydrogen-bond acceptors (Lipinski definition) is 4. The van der Waals surface area contributed by atoms with E-state index >= 15 is 0 Å². The lowest BCUT2D eigenvalue weighted by atomic mass is 10.0. The highest BCUT2D eigenvalue weighted by Crippen LogP contribution is 2.17. The predicted molar refractivity (Wildman–Crippen MR) is 102 cm³/mol. The van der Waals surface area contributed by atoms with Crippen molar-refractivity contribution in [1.29, 1.82) is 0 Å². The Labute approximate surface area is 163 Å². The Kier molecular flexibility index (Phi) is 8.14. The normalized spacial score (nSPS) is 11.4. The molecule has 0 fully saturated rings. The molecule has 2 N–H and O–H groups in total. The molecule has 0 spiro atoms. The van der Waals surface area contributed by atoms with Crippen LogP contribution in [-0.4, -0.2) is 30.9 Å². The molecule has 148 valence electrons. The Balaban J connectivity index is 1.77. The molecule has 7 heteroatoms. The SMILES string of the molecule is CCCC(NC(=O)COC(=O)CNC(=O)c1ccccc1F)c1ccccc1. The molecule has 0 saturated carbocycles. The van der Waals surface area contributed by atoms with Crippen molar-refractivity contribution in [3.05, 3.63) is 71.5 Å². The van der Waals surface area contributed by atoms with Crippen LogP contribution in [-0.2, 0) is 14.3 Å². The molecule has 0 heterocycles. The third-order valence-electron chi connectivity index (χ3n) is 3.99. The molecule has 6 nitrogen and oxygen atoms in total. The van der Waals surface area contributed by atoms with E-state index in [9.17, 15) is 18.8 Å². The zero-order valence-electron chi connectivity index (χ0n) is 15.6. The van der Waals surface area contributed by atoms with Crippen LogP contribution in [0.15, 0.2) is 54.6 Å². The maximum Gasteiger partial charge on any atom is 0.325 e. The fourth-order valence-corrected chi connectivity index (χ4v) is 2.62. The number of nitrogens with one attached hydrogen (secondary N) is 2. The van der Waals surface area contributed by atoms with Crippen LogP contribution in [0.25, 0.3) is 0 Å². The van der Waals surface area contributed by atoms with E-state index in [1.807, 2.05) is 37.3 Å². The molecule has 2 aromatic rings. The molecule has 0 aromatic heterocycles. The van der Waals surface area contributed by atoms with Crippen LogP contribution in [0.5, 0.6) is 0 Å². The lowest BCUT2D eigenvalue weighted by Crippen LogP contribution is -2.35. The van der Waals surface area contributed by atoms with Crippen LogP contribution >= 0.6 is 0 Å². The first-order chi connectivity index (χ1) is 13.5. The average Bonchev–Trinajstić information content (AvgIpc) is 2.71. The monoisotopic (exact) mass is 386 g/mol. The third kappa shape index (κ3) is 6.50. The Bertz CT molecular complexity index is 811. The molecular weight excluding hydrogens is 363 g/mol. The van der Waals surface area contributed by atoms with E-state index in [0.29, 0.717) is 0 Å². The van der Waals surface area contributed by atoms with Gasteiger partial charge in [0.25, 0.3) is 11.8 Å². The van der Waals surface area contributed by atoms with Crippen molar-refractivity contribution in [2.45, 2.75) is 25.8 Å². The molecule has 0 aliphatic carbocycles. The number of esters is 1. The van der Waals surface area contributed by atoms with Crippen molar-refractivity contribution < 1.29 is 23.5 Å². The van der Waals surface area contributed by atoms with Crippen LogP contribution in [0.4, 0.5) is 4.39 Å².